The van der Waals surface area contributed by atoms with Crippen LogP contribution in [0.5, 0.6) is 0 Å². The zero-order valence-electron chi connectivity index (χ0n) is 27.5. The Hall–Kier alpha value is -3.63. The van der Waals surface area contributed by atoms with Crippen molar-refractivity contribution in [3.63, 3.8) is 0 Å². The Morgan fingerprint density at radius 3 is 2.23 bits per heavy atom. The van der Waals surface area contributed by atoms with Crippen LogP contribution in [0, 0.1) is 12.3 Å². The fraction of sp³-hybridized carbons (Fsp3) is 0.594. The third-order valence-corrected chi connectivity index (χ3v) is 8.43. The van der Waals surface area contributed by atoms with E-state index in [9.17, 15) is 24.3 Å². The molecule has 47 heavy (non-hydrogen) atoms. The zero-order valence-corrected chi connectivity index (χ0v) is 28.3. The van der Waals surface area contributed by atoms with Gasteiger partial charge in [-0.25, -0.2) is 9.78 Å². The molecular weight excluding hydrogens is 630 g/mol. The van der Waals surface area contributed by atoms with Crippen LogP contribution in [0.3, 0.4) is 0 Å². The number of carboxylic acid groups (broad SMARTS) is 1. The molecule has 1 aliphatic rings. The maximum absolute atomic E-state index is 13.8. The van der Waals surface area contributed by atoms with Gasteiger partial charge in [-0.3, -0.25) is 14.4 Å². The van der Waals surface area contributed by atoms with E-state index in [-0.39, 0.29) is 64.1 Å². The van der Waals surface area contributed by atoms with Crippen LogP contribution in [0.15, 0.2) is 29.8 Å². The van der Waals surface area contributed by atoms with Crippen molar-refractivity contribution in [1.29, 1.82) is 0 Å². The molecule has 0 aliphatic carbocycles. The minimum Gasteiger partial charge on any atom is -0.465 e. The Bertz CT molecular complexity index is 1310. The summed E-state index contributed by atoms with van der Waals surface area (Å²) in [6.45, 7) is 9.45. The molecule has 0 spiro atoms. The van der Waals surface area contributed by atoms with Gasteiger partial charge < -0.3 is 45.3 Å². The average molecular weight is 678 g/mol. The highest BCUT2D eigenvalue weighted by molar-refractivity contribution is 7.13. The van der Waals surface area contributed by atoms with Crippen molar-refractivity contribution in [3.05, 3.63) is 41.0 Å². The quantitative estimate of drug-likeness (QED) is 0.146. The lowest BCUT2D eigenvalue weighted by atomic mass is 9.85. The van der Waals surface area contributed by atoms with Crippen LogP contribution in [0.4, 0.5) is 4.79 Å². The second-order valence-electron chi connectivity index (χ2n) is 12.3. The Balaban J connectivity index is 1.43. The molecule has 5 N–H and O–H groups in total. The Kier molecular flexibility index (Phi) is 15.0. The van der Waals surface area contributed by atoms with Crippen LogP contribution >= 0.6 is 11.3 Å². The van der Waals surface area contributed by atoms with Crippen LogP contribution in [0.25, 0.3) is 10.4 Å². The van der Waals surface area contributed by atoms with Crippen molar-refractivity contribution in [2.75, 3.05) is 52.7 Å². The number of amides is 4. The monoisotopic (exact) mass is 677 g/mol. The number of carbonyl (C=O) groups is 4. The number of nitrogens with one attached hydrogen (secondary N) is 3. The van der Waals surface area contributed by atoms with Crippen molar-refractivity contribution >= 4 is 35.2 Å². The summed E-state index contributed by atoms with van der Waals surface area (Å²) in [5.74, 6) is -1.17. The SMILES string of the molecule is Cc1ncsc1-c1ccc(CNC(=O)[C@@H]2C[C@@H](O)CN2C(=O)C(NC(=O)CCOCCOCCOCCNC(=O)O)C(C)(C)C)cc1. The fourth-order valence-electron chi connectivity index (χ4n) is 4.95. The molecule has 0 bridgehead atoms. The van der Waals surface area contributed by atoms with Crippen LogP contribution in [0.2, 0.25) is 0 Å². The van der Waals surface area contributed by atoms with E-state index in [1.165, 1.54) is 4.90 Å². The fourth-order valence-corrected chi connectivity index (χ4v) is 5.76. The van der Waals surface area contributed by atoms with Crippen molar-refractivity contribution in [2.24, 2.45) is 5.41 Å². The zero-order chi connectivity index (χ0) is 34.4. The van der Waals surface area contributed by atoms with Crippen LogP contribution in [-0.4, -0.2) is 115 Å². The minimum absolute atomic E-state index is 0.00432. The van der Waals surface area contributed by atoms with Gasteiger partial charge in [-0.05, 0) is 23.5 Å². The summed E-state index contributed by atoms with van der Waals surface area (Å²) < 4.78 is 16.1. The van der Waals surface area contributed by atoms with Gasteiger partial charge in [-0.15, -0.1) is 11.3 Å². The largest absolute Gasteiger partial charge is 0.465 e. The second kappa shape index (κ2) is 18.6. The molecule has 15 heteroatoms. The van der Waals surface area contributed by atoms with Gasteiger partial charge in [0.1, 0.15) is 12.1 Å². The number of thiazole rings is 1. The second-order valence-corrected chi connectivity index (χ2v) is 13.1. The molecule has 1 aliphatic heterocycles. The molecule has 3 atom stereocenters. The summed E-state index contributed by atoms with van der Waals surface area (Å²) in [7, 11) is 0. The highest BCUT2D eigenvalue weighted by Crippen LogP contribution is 2.28. The maximum atomic E-state index is 13.8. The van der Waals surface area contributed by atoms with E-state index in [0.29, 0.717) is 19.8 Å². The molecule has 0 saturated carbocycles. The predicted octanol–water partition coefficient (Wildman–Crippen LogP) is 1.93. The molecule has 1 aromatic carbocycles. The van der Waals surface area contributed by atoms with E-state index in [2.05, 4.69) is 20.9 Å². The lowest BCUT2D eigenvalue weighted by molar-refractivity contribution is -0.144. The molecule has 14 nitrogen and oxygen atoms in total. The Morgan fingerprint density at radius 1 is 1.00 bits per heavy atom. The summed E-state index contributed by atoms with van der Waals surface area (Å²) >= 11 is 1.57. The van der Waals surface area contributed by atoms with E-state index >= 15 is 0 Å². The number of hydrogen-bond donors (Lipinski definition) is 5. The summed E-state index contributed by atoms with van der Waals surface area (Å²) in [5.41, 5.74) is 4.05. The maximum Gasteiger partial charge on any atom is 0.404 e. The molecule has 0 radical (unpaired) electrons. The molecule has 1 fully saturated rings. The third-order valence-electron chi connectivity index (χ3n) is 7.45. The van der Waals surface area contributed by atoms with Gasteiger partial charge in [0.2, 0.25) is 17.7 Å². The number of aliphatic hydroxyl groups is 1. The number of benzene rings is 1. The number of nitrogens with zero attached hydrogens (tertiary/aromatic N) is 2. The standard InChI is InChI=1S/C32H47N5O9S/c1-21-27(47-20-35-21)23-7-5-22(6-8-23)18-34-29(40)25-17-24(38)19-37(25)30(41)28(32(2,3)4)36-26(39)9-11-44-13-15-46-16-14-45-12-10-33-31(42)43/h5-8,20,24-25,28,33,38H,9-19H2,1-4H3,(H,34,40)(H,36,39)(H,42,43)/t24-,25+,28?/m1/s1. The van der Waals surface area contributed by atoms with E-state index in [1.54, 1.807) is 16.8 Å². The van der Waals surface area contributed by atoms with Gasteiger partial charge in [-0.2, -0.15) is 0 Å². The smallest absolute Gasteiger partial charge is 0.404 e. The normalized spacial score (nSPS) is 16.9. The first-order valence-corrected chi connectivity index (χ1v) is 16.5. The first-order chi connectivity index (χ1) is 22.4. The highest BCUT2D eigenvalue weighted by atomic mass is 32.1. The number of likely N-dealkylation sites (tertiary alicyclic amines) is 1. The van der Waals surface area contributed by atoms with Gasteiger partial charge in [-0.1, -0.05) is 45.0 Å². The van der Waals surface area contributed by atoms with E-state index < -0.39 is 35.6 Å². The van der Waals surface area contributed by atoms with Crippen LogP contribution < -0.4 is 16.0 Å². The average Bonchev–Trinajstić information content (AvgIpc) is 3.63. The van der Waals surface area contributed by atoms with Crippen molar-refractivity contribution in [1.82, 2.24) is 25.8 Å². The molecule has 2 aromatic rings. The number of hydrogen-bond acceptors (Lipinski definition) is 10. The number of aromatic nitrogens is 1. The van der Waals surface area contributed by atoms with Gasteiger partial charge in [0.15, 0.2) is 0 Å². The number of aryl methyl sites for hydroxylation is 1. The van der Waals surface area contributed by atoms with E-state index in [0.717, 1.165) is 21.7 Å². The molecule has 1 aromatic heterocycles. The van der Waals surface area contributed by atoms with Gasteiger partial charge in [0, 0.05) is 32.5 Å². The van der Waals surface area contributed by atoms with Crippen molar-refractivity contribution in [2.45, 2.75) is 65.3 Å². The summed E-state index contributed by atoms with van der Waals surface area (Å²) in [6.07, 6.45) is -1.83. The topological polar surface area (TPSA) is 189 Å². The summed E-state index contributed by atoms with van der Waals surface area (Å²) in [4.78, 5) is 56.9. The minimum atomic E-state index is -1.10. The number of ether oxygens (including phenoxy) is 3. The van der Waals surface area contributed by atoms with Gasteiger partial charge >= 0.3 is 6.09 Å². The number of carbonyl (C=O) groups excluding carboxylic acids is 3. The molecular formula is C32H47N5O9S. The number of aliphatic hydroxyl groups excluding tert-OH is 1. The predicted molar refractivity (Wildman–Crippen MR) is 175 cm³/mol. The molecule has 4 amide bonds. The Morgan fingerprint density at radius 2 is 1.64 bits per heavy atom. The van der Waals surface area contributed by atoms with Gasteiger partial charge in [0.05, 0.1) is 61.8 Å². The van der Waals surface area contributed by atoms with Gasteiger partial charge in [0.25, 0.3) is 0 Å². The molecule has 1 unspecified atom stereocenters. The van der Waals surface area contributed by atoms with Crippen LogP contribution in [-0.2, 0) is 35.1 Å². The summed E-state index contributed by atoms with van der Waals surface area (Å²) in [6, 6.07) is 6.05. The van der Waals surface area contributed by atoms with Crippen molar-refractivity contribution in [3.8, 4) is 10.4 Å². The molecule has 260 valence electrons. The van der Waals surface area contributed by atoms with Crippen molar-refractivity contribution < 1.29 is 43.6 Å². The molecule has 2 heterocycles. The van der Waals surface area contributed by atoms with E-state index in [1.807, 2.05) is 52.0 Å². The number of β-amino-alcohol motifs (C(OH)–C–C–N with tert-alkyl or cyclic N) is 1. The highest BCUT2D eigenvalue weighted by Gasteiger charge is 2.44. The van der Waals surface area contributed by atoms with Crippen LogP contribution in [0.1, 0.15) is 44.9 Å². The lowest BCUT2D eigenvalue weighted by Gasteiger charge is -2.35. The molecule has 3 rings (SSSR count). The summed E-state index contributed by atoms with van der Waals surface area (Å²) in [5, 5.41) is 26.8. The Labute approximate surface area is 279 Å². The first kappa shape index (κ1) is 37.8. The third kappa shape index (κ3) is 12.5. The van der Waals surface area contributed by atoms with E-state index in [4.69, 9.17) is 19.3 Å². The lowest BCUT2D eigenvalue weighted by Crippen LogP contribution is -2.57. The molecule has 1 saturated heterocycles. The number of rotatable bonds is 18. The first-order valence-electron chi connectivity index (χ1n) is 15.6.